The number of hydrogen-bond donors (Lipinski definition) is 2. The molecular formula is C21H20BrN3O3. The van der Waals surface area contributed by atoms with Gasteiger partial charge < -0.3 is 22.1 Å². The average Bonchev–Trinajstić information content (AvgIpc) is 2.69. The van der Waals surface area contributed by atoms with Crippen molar-refractivity contribution in [1.29, 1.82) is 0 Å². The number of aliphatic carboxylic acids is 1. The maximum atomic E-state index is 12.5. The first-order valence-corrected chi connectivity index (χ1v) is 8.63. The van der Waals surface area contributed by atoms with Crippen LogP contribution in [0.3, 0.4) is 0 Å². The number of nitrogen functional groups attached to an aromatic ring is 1. The van der Waals surface area contributed by atoms with Gasteiger partial charge in [-0.05, 0) is 12.5 Å². The van der Waals surface area contributed by atoms with E-state index in [9.17, 15) is 9.59 Å². The molecular weight excluding hydrogens is 422 g/mol. The van der Waals surface area contributed by atoms with Gasteiger partial charge in [0.2, 0.25) is 0 Å². The third-order valence-corrected chi connectivity index (χ3v) is 4.18. The summed E-state index contributed by atoms with van der Waals surface area (Å²) in [5.41, 5.74) is 8.73. The zero-order valence-corrected chi connectivity index (χ0v) is 16.7. The highest BCUT2D eigenvalue weighted by molar-refractivity contribution is 6.09. The van der Waals surface area contributed by atoms with Crippen molar-refractivity contribution in [2.75, 3.05) is 5.73 Å². The molecule has 6 nitrogen and oxygen atoms in total. The van der Waals surface area contributed by atoms with Gasteiger partial charge in [0.25, 0.3) is 5.82 Å². The number of aryl methyl sites for hydroxylation is 1. The number of ketones is 1. The van der Waals surface area contributed by atoms with E-state index >= 15 is 0 Å². The summed E-state index contributed by atoms with van der Waals surface area (Å²) in [5.74, 6) is -0.403. The molecule has 1 heterocycles. The van der Waals surface area contributed by atoms with E-state index in [0.717, 1.165) is 5.56 Å². The van der Waals surface area contributed by atoms with Gasteiger partial charge in [-0.1, -0.05) is 59.7 Å². The van der Waals surface area contributed by atoms with Crippen molar-refractivity contribution < 1.29 is 36.4 Å². The Bertz CT molecular complexity index is 960. The monoisotopic (exact) mass is 441 g/mol. The van der Waals surface area contributed by atoms with Gasteiger partial charge in [0.15, 0.2) is 5.78 Å². The summed E-state index contributed by atoms with van der Waals surface area (Å²) in [6, 6.07) is 19.9. The van der Waals surface area contributed by atoms with E-state index in [2.05, 4.69) is 5.10 Å². The predicted octanol–water partition coefficient (Wildman–Crippen LogP) is -0.282. The van der Waals surface area contributed by atoms with Gasteiger partial charge in [-0.25, -0.2) is 0 Å². The molecule has 0 saturated heterocycles. The van der Waals surface area contributed by atoms with Gasteiger partial charge in [0.05, 0.1) is 0 Å². The van der Waals surface area contributed by atoms with Crippen molar-refractivity contribution in [2.24, 2.45) is 0 Å². The Hall–Kier alpha value is -3.06. The Labute approximate surface area is 173 Å². The smallest absolute Gasteiger partial charge is 0.303 e. The molecule has 2 aromatic carbocycles. The third kappa shape index (κ3) is 5.23. The third-order valence-electron chi connectivity index (χ3n) is 4.18. The number of nitrogens with two attached hydrogens (primary N) is 1. The number of anilines is 1. The van der Waals surface area contributed by atoms with Crippen LogP contribution >= 0.6 is 0 Å². The molecule has 28 heavy (non-hydrogen) atoms. The highest BCUT2D eigenvalue weighted by atomic mass is 79.9. The zero-order valence-electron chi connectivity index (χ0n) is 15.1. The molecule has 0 unspecified atom stereocenters. The minimum atomic E-state index is -0.844. The second-order valence-corrected chi connectivity index (χ2v) is 6.14. The molecule has 0 radical (unpaired) electrons. The molecule has 3 rings (SSSR count). The first-order chi connectivity index (χ1) is 13.0. The number of halogens is 1. The fourth-order valence-electron chi connectivity index (χ4n) is 2.73. The lowest BCUT2D eigenvalue weighted by Gasteiger charge is -2.06. The summed E-state index contributed by atoms with van der Waals surface area (Å²) in [5, 5.41) is 13.2. The summed E-state index contributed by atoms with van der Waals surface area (Å²) < 4.78 is 1.60. The maximum absolute atomic E-state index is 12.5. The molecule has 1 aromatic heterocycles. The standard InChI is InChI=1S/C21H19N3O3.BrH/c22-19-13-12-18(23-24(19)14-4-7-20(25)26)15-8-10-17(11-9-15)21(27)16-5-2-1-3-6-16;/h1-3,5-6,8-13,22H,4,7,14H2,(H,25,26);1H. The Morgan fingerprint density at radius 2 is 1.57 bits per heavy atom. The topological polar surface area (TPSA) is 97.2 Å². The Balaban J connectivity index is 0.00000280. The van der Waals surface area contributed by atoms with Gasteiger partial charge in [0, 0.05) is 29.2 Å². The minimum Gasteiger partial charge on any atom is -1.00 e. The van der Waals surface area contributed by atoms with E-state index in [1.807, 2.05) is 30.3 Å². The molecule has 3 N–H and O–H groups in total. The number of carbonyl (C=O) groups is 2. The van der Waals surface area contributed by atoms with Crippen molar-refractivity contribution in [3.05, 3.63) is 77.9 Å². The molecule has 0 saturated carbocycles. The zero-order chi connectivity index (χ0) is 19.2. The van der Waals surface area contributed by atoms with Crippen LogP contribution in [0.5, 0.6) is 0 Å². The number of aromatic nitrogens is 2. The molecule has 144 valence electrons. The first-order valence-electron chi connectivity index (χ1n) is 8.63. The molecule has 3 aromatic rings. The van der Waals surface area contributed by atoms with Crippen LogP contribution in [0.15, 0.2) is 66.7 Å². The van der Waals surface area contributed by atoms with Crippen molar-refractivity contribution in [3.63, 3.8) is 0 Å². The van der Waals surface area contributed by atoms with Crippen LogP contribution in [0.1, 0.15) is 28.8 Å². The normalized spacial score (nSPS) is 10.1. The molecule has 0 fully saturated rings. The minimum absolute atomic E-state index is 0. The van der Waals surface area contributed by atoms with Crippen LogP contribution in [0.2, 0.25) is 0 Å². The second-order valence-electron chi connectivity index (χ2n) is 6.14. The van der Waals surface area contributed by atoms with Crippen LogP contribution in [-0.2, 0) is 11.3 Å². The largest absolute Gasteiger partial charge is 1.00 e. The number of hydrogen-bond acceptors (Lipinski definition) is 4. The molecule has 0 amide bonds. The fraction of sp³-hybridized carbons (Fsp3) is 0.143. The molecule has 0 spiro atoms. The van der Waals surface area contributed by atoms with E-state index in [-0.39, 0.29) is 29.2 Å². The van der Waals surface area contributed by atoms with E-state index in [4.69, 9.17) is 10.8 Å². The van der Waals surface area contributed by atoms with Crippen LogP contribution in [0.25, 0.3) is 11.3 Å². The maximum Gasteiger partial charge on any atom is 0.303 e. The van der Waals surface area contributed by atoms with Gasteiger partial charge in [0.1, 0.15) is 12.2 Å². The lowest BCUT2D eigenvalue weighted by molar-refractivity contribution is -0.739. The number of carbonyl (C=O) groups excluding carboxylic acids is 1. The van der Waals surface area contributed by atoms with Crippen molar-refractivity contribution in [1.82, 2.24) is 5.10 Å². The average molecular weight is 442 g/mol. The fourth-order valence-corrected chi connectivity index (χ4v) is 2.73. The van der Waals surface area contributed by atoms with Gasteiger partial charge >= 0.3 is 5.97 Å². The summed E-state index contributed by atoms with van der Waals surface area (Å²) in [6.07, 6.45) is 0.514. The molecule has 0 atom stereocenters. The molecule has 0 bridgehead atoms. The first kappa shape index (κ1) is 21.2. The number of nitrogens with zero attached hydrogens (tertiary/aromatic N) is 2. The van der Waals surface area contributed by atoms with Crippen LogP contribution in [0, 0.1) is 0 Å². The van der Waals surface area contributed by atoms with Crippen molar-refractivity contribution in [3.8, 4) is 11.3 Å². The van der Waals surface area contributed by atoms with Crippen LogP contribution in [0.4, 0.5) is 5.82 Å². The van der Waals surface area contributed by atoms with Crippen molar-refractivity contribution in [2.45, 2.75) is 19.4 Å². The summed E-state index contributed by atoms with van der Waals surface area (Å²) in [6.45, 7) is 0.427. The van der Waals surface area contributed by atoms with Crippen LogP contribution in [-0.4, -0.2) is 22.0 Å². The van der Waals surface area contributed by atoms with Gasteiger partial charge in [-0.3, -0.25) is 15.3 Å². The van der Waals surface area contributed by atoms with E-state index in [0.29, 0.717) is 35.6 Å². The number of benzene rings is 2. The molecule has 0 aliphatic rings. The number of carboxylic acid groups (broad SMARTS) is 1. The van der Waals surface area contributed by atoms with E-state index in [1.54, 1.807) is 41.1 Å². The molecule has 7 heteroatoms. The van der Waals surface area contributed by atoms with Crippen molar-refractivity contribution >= 4 is 17.6 Å². The summed E-state index contributed by atoms with van der Waals surface area (Å²) in [7, 11) is 0. The number of carboxylic acids is 1. The molecule has 0 aliphatic carbocycles. The SMILES string of the molecule is Nc1ccc(-c2ccc(C(=O)c3ccccc3)cc2)n[n+]1CCCC(=O)O.[Br-]. The highest BCUT2D eigenvalue weighted by Crippen LogP contribution is 2.18. The van der Waals surface area contributed by atoms with Crippen LogP contribution < -0.4 is 27.4 Å². The Kier molecular flexibility index (Phi) is 7.40. The highest BCUT2D eigenvalue weighted by Gasteiger charge is 2.12. The molecule has 0 aliphatic heterocycles. The van der Waals surface area contributed by atoms with E-state index in [1.165, 1.54) is 0 Å². The number of rotatable bonds is 7. The Morgan fingerprint density at radius 3 is 2.21 bits per heavy atom. The summed E-state index contributed by atoms with van der Waals surface area (Å²) in [4.78, 5) is 23.1. The second kappa shape index (κ2) is 9.75. The van der Waals surface area contributed by atoms with E-state index < -0.39 is 5.97 Å². The summed E-state index contributed by atoms with van der Waals surface area (Å²) >= 11 is 0. The predicted molar refractivity (Wildman–Crippen MR) is 101 cm³/mol. The lowest BCUT2D eigenvalue weighted by Crippen LogP contribution is -3.00. The Morgan fingerprint density at radius 1 is 0.929 bits per heavy atom. The lowest BCUT2D eigenvalue weighted by atomic mass is 10.0. The van der Waals surface area contributed by atoms with Gasteiger partial charge in [-0.15, -0.1) is 4.68 Å². The van der Waals surface area contributed by atoms with Gasteiger partial charge in [-0.2, -0.15) is 0 Å². The quantitative estimate of drug-likeness (QED) is 0.388.